The van der Waals surface area contributed by atoms with E-state index in [1.807, 2.05) is 13.8 Å². The van der Waals surface area contributed by atoms with Gasteiger partial charge in [0.15, 0.2) is 0 Å². The van der Waals surface area contributed by atoms with Crippen molar-refractivity contribution >= 4 is 11.9 Å². The van der Waals surface area contributed by atoms with Gasteiger partial charge in [0.2, 0.25) is 5.91 Å². The topological polar surface area (TPSA) is 79.3 Å². The Hall–Kier alpha value is -1.18. The van der Waals surface area contributed by atoms with Gasteiger partial charge in [-0.15, -0.1) is 0 Å². The summed E-state index contributed by atoms with van der Waals surface area (Å²) in [5.41, 5.74) is -0.433. The standard InChI is InChI=1S/C13H22N2O5/c1-13(2)9-15(10(8-20-13)12(17)18)7-11(16)14-3-5-19-6-4-14/h10H,3-9H2,1-2H3,(H,17,18)/t10-/m0/s1. The SMILES string of the molecule is CC1(C)CN(CC(=O)N2CCOCC2)[C@H](C(=O)O)CO1. The van der Waals surface area contributed by atoms with Gasteiger partial charge in [-0.2, -0.15) is 0 Å². The highest BCUT2D eigenvalue weighted by Gasteiger charge is 2.39. The van der Waals surface area contributed by atoms with E-state index in [0.717, 1.165) is 0 Å². The third-order valence-electron chi connectivity index (χ3n) is 3.64. The van der Waals surface area contributed by atoms with Crippen LogP contribution in [0.4, 0.5) is 0 Å². The Morgan fingerprint density at radius 1 is 1.30 bits per heavy atom. The first-order valence-electron chi connectivity index (χ1n) is 6.85. The van der Waals surface area contributed by atoms with Gasteiger partial charge < -0.3 is 19.5 Å². The van der Waals surface area contributed by atoms with Gasteiger partial charge in [-0.3, -0.25) is 14.5 Å². The second kappa shape index (κ2) is 6.07. The molecular weight excluding hydrogens is 264 g/mol. The Labute approximate surface area is 118 Å². The van der Waals surface area contributed by atoms with E-state index in [9.17, 15) is 14.7 Å². The zero-order valence-corrected chi connectivity index (χ0v) is 12.0. The number of aliphatic carboxylic acids is 1. The molecule has 7 nitrogen and oxygen atoms in total. The first kappa shape index (κ1) is 15.2. The Balaban J connectivity index is 1.99. The number of carbonyl (C=O) groups is 2. The largest absolute Gasteiger partial charge is 0.480 e. The summed E-state index contributed by atoms with van der Waals surface area (Å²) in [6, 6.07) is -0.756. The number of carboxylic acids is 1. The number of hydrogen-bond donors (Lipinski definition) is 1. The molecule has 0 unspecified atom stereocenters. The predicted molar refractivity (Wildman–Crippen MR) is 70.4 cm³/mol. The van der Waals surface area contributed by atoms with Crippen molar-refractivity contribution in [2.45, 2.75) is 25.5 Å². The maximum atomic E-state index is 12.2. The van der Waals surface area contributed by atoms with Gasteiger partial charge in [-0.25, -0.2) is 0 Å². The van der Waals surface area contributed by atoms with Crippen molar-refractivity contribution in [2.75, 3.05) is 46.0 Å². The summed E-state index contributed by atoms with van der Waals surface area (Å²) in [4.78, 5) is 26.9. The van der Waals surface area contributed by atoms with Crippen molar-refractivity contribution in [3.05, 3.63) is 0 Å². The molecule has 0 aliphatic carbocycles. The average Bonchev–Trinajstić information content (AvgIpc) is 2.38. The fraction of sp³-hybridized carbons (Fsp3) is 0.846. The van der Waals surface area contributed by atoms with E-state index in [1.54, 1.807) is 9.80 Å². The monoisotopic (exact) mass is 286 g/mol. The van der Waals surface area contributed by atoms with E-state index in [1.165, 1.54) is 0 Å². The summed E-state index contributed by atoms with van der Waals surface area (Å²) in [5.74, 6) is -0.993. The quantitative estimate of drug-likeness (QED) is 0.747. The van der Waals surface area contributed by atoms with E-state index >= 15 is 0 Å². The van der Waals surface area contributed by atoms with Gasteiger partial charge in [0, 0.05) is 19.6 Å². The highest BCUT2D eigenvalue weighted by Crippen LogP contribution is 2.21. The van der Waals surface area contributed by atoms with Crippen LogP contribution in [0.15, 0.2) is 0 Å². The lowest BCUT2D eigenvalue weighted by atomic mass is 10.0. The molecular formula is C13H22N2O5. The molecule has 7 heteroatoms. The van der Waals surface area contributed by atoms with E-state index in [0.29, 0.717) is 32.8 Å². The molecule has 20 heavy (non-hydrogen) atoms. The third-order valence-corrected chi connectivity index (χ3v) is 3.64. The second-order valence-electron chi connectivity index (χ2n) is 5.82. The van der Waals surface area contributed by atoms with Crippen LogP contribution in [-0.4, -0.2) is 84.4 Å². The molecule has 0 aromatic carbocycles. The predicted octanol–water partition coefficient (Wildman–Crippen LogP) is -0.591. The first-order chi connectivity index (χ1) is 9.39. The molecule has 114 valence electrons. The highest BCUT2D eigenvalue weighted by atomic mass is 16.5. The summed E-state index contributed by atoms with van der Waals surface area (Å²) in [7, 11) is 0. The number of hydrogen-bond acceptors (Lipinski definition) is 5. The van der Waals surface area contributed by atoms with Crippen LogP contribution in [0.1, 0.15) is 13.8 Å². The molecule has 0 spiro atoms. The van der Waals surface area contributed by atoms with Crippen LogP contribution in [0.25, 0.3) is 0 Å². The number of carboxylic acid groups (broad SMARTS) is 1. The Kier molecular flexibility index (Phi) is 4.62. The summed E-state index contributed by atoms with van der Waals surface area (Å²) < 4.78 is 10.7. The first-order valence-corrected chi connectivity index (χ1v) is 6.85. The zero-order valence-electron chi connectivity index (χ0n) is 12.0. The average molecular weight is 286 g/mol. The summed E-state index contributed by atoms with van der Waals surface area (Å²) in [6.45, 7) is 6.69. The van der Waals surface area contributed by atoms with Gasteiger partial charge in [0.1, 0.15) is 6.04 Å². The molecule has 2 heterocycles. The summed E-state index contributed by atoms with van der Waals surface area (Å²) in [6.07, 6.45) is 0. The van der Waals surface area contributed by atoms with Crippen molar-refractivity contribution in [1.82, 2.24) is 9.80 Å². The maximum absolute atomic E-state index is 12.2. The number of carbonyl (C=O) groups excluding carboxylic acids is 1. The lowest BCUT2D eigenvalue weighted by Crippen LogP contribution is -2.59. The summed E-state index contributed by atoms with van der Waals surface area (Å²) in [5, 5.41) is 9.24. The number of amides is 1. The molecule has 1 amide bonds. The molecule has 0 aromatic heterocycles. The minimum absolute atomic E-state index is 0.0442. The normalized spacial score (nSPS) is 27.3. The molecule has 1 N–H and O–H groups in total. The third kappa shape index (κ3) is 3.68. The molecule has 2 aliphatic heterocycles. The number of rotatable bonds is 3. The van der Waals surface area contributed by atoms with Gasteiger partial charge in [0.25, 0.3) is 0 Å². The lowest BCUT2D eigenvalue weighted by Gasteiger charge is -2.42. The van der Waals surface area contributed by atoms with Gasteiger partial charge in [0.05, 0.1) is 32.0 Å². The second-order valence-corrected chi connectivity index (χ2v) is 5.82. The highest BCUT2D eigenvalue weighted by molar-refractivity contribution is 5.80. The molecule has 2 saturated heterocycles. The maximum Gasteiger partial charge on any atom is 0.323 e. The van der Waals surface area contributed by atoms with Crippen LogP contribution in [-0.2, 0) is 19.1 Å². The Morgan fingerprint density at radius 3 is 2.55 bits per heavy atom. The van der Waals surface area contributed by atoms with Crippen LogP contribution in [0.5, 0.6) is 0 Å². The van der Waals surface area contributed by atoms with Crippen molar-refractivity contribution in [3.8, 4) is 0 Å². The molecule has 0 saturated carbocycles. The Morgan fingerprint density at radius 2 is 1.95 bits per heavy atom. The van der Waals surface area contributed by atoms with Crippen LogP contribution >= 0.6 is 0 Å². The molecule has 2 aliphatic rings. The van der Waals surface area contributed by atoms with Crippen LogP contribution in [0, 0.1) is 0 Å². The fourth-order valence-corrected chi connectivity index (χ4v) is 2.53. The molecule has 0 aromatic rings. The minimum atomic E-state index is -0.949. The molecule has 2 rings (SSSR count). The molecule has 2 fully saturated rings. The lowest BCUT2D eigenvalue weighted by molar-refractivity contribution is -0.165. The van der Waals surface area contributed by atoms with Gasteiger partial charge in [-0.05, 0) is 13.8 Å². The van der Waals surface area contributed by atoms with Gasteiger partial charge >= 0.3 is 5.97 Å². The van der Waals surface area contributed by atoms with Crippen molar-refractivity contribution in [2.24, 2.45) is 0 Å². The van der Waals surface area contributed by atoms with E-state index in [4.69, 9.17) is 9.47 Å². The van der Waals surface area contributed by atoms with Crippen LogP contribution in [0.3, 0.4) is 0 Å². The smallest absolute Gasteiger partial charge is 0.323 e. The minimum Gasteiger partial charge on any atom is -0.480 e. The van der Waals surface area contributed by atoms with E-state index in [2.05, 4.69) is 0 Å². The summed E-state index contributed by atoms with van der Waals surface area (Å²) >= 11 is 0. The van der Waals surface area contributed by atoms with Crippen molar-refractivity contribution in [1.29, 1.82) is 0 Å². The number of morpholine rings is 2. The van der Waals surface area contributed by atoms with Gasteiger partial charge in [-0.1, -0.05) is 0 Å². The number of nitrogens with zero attached hydrogens (tertiary/aromatic N) is 2. The fourth-order valence-electron chi connectivity index (χ4n) is 2.53. The van der Waals surface area contributed by atoms with E-state index in [-0.39, 0.29) is 19.1 Å². The number of ether oxygens (including phenoxy) is 2. The zero-order chi connectivity index (χ0) is 14.8. The Bertz CT molecular complexity index is 379. The molecule has 0 bridgehead atoms. The van der Waals surface area contributed by atoms with E-state index < -0.39 is 17.6 Å². The van der Waals surface area contributed by atoms with Crippen LogP contribution < -0.4 is 0 Å². The van der Waals surface area contributed by atoms with Crippen molar-refractivity contribution < 1.29 is 24.2 Å². The molecule has 1 atom stereocenters. The molecule has 0 radical (unpaired) electrons. The van der Waals surface area contributed by atoms with Crippen molar-refractivity contribution in [3.63, 3.8) is 0 Å². The van der Waals surface area contributed by atoms with Crippen LogP contribution in [0.2, 0.25) is 0 Å².